The molecule has 0 amide bonds. The molecule has 76 valence electrons. The standard InChI is InChI=1S/C4H5O5.CH2O3.Na/c5-2(4(8)9)1-3(6)7;2-1(3)4;/h1-2,5H,(H,6,7)(H,8,9);(H2,2,3,4);/q-1;;+1. The van der Waals surface area contributed by atoms with Crippen molar-refractivity contribution in [1.29, 1.82) is 0 Å². The van der Waals surface area contributed by atoms with E-state index in [-0.39, 0.29) is 36.0 Å². The zero-order chi connectivity index (χ0) is 11.0. The Labute approximate surface area is 100 Å². The van der Waals surface area contributed by atoms with E-state index in [1.165, 1.54) is 0 Å². The first kappa shape index (κ1) is 18.8. The molecule has 0 aromatic carbocycles. The molecule has 0 spiro atoms. The van der Waals surface area contributed by atoms with Gasteiger partial charge in [-0.2, -0.15) is 0 Å². The zero-order valence-electron chi connectivity index (χ0n) is 7.12. The van der Waals surface area contributed by atoms with Crippen LogP contribution in [0.4, 0.5) is 4.79 Å². The quantitative estimate of drug-likeness (QED) is 0.237. The number of carboxylic acids is 2. The Hall–Kier alpha value is -0.960. The van der Waals surface area contributed by atoms with Crippen LogP contribution in [0.3, 0.4) is 0 Å². The van der Waals surface area contributed by atoms with Crippen molar-refractivity contribution in [3.63, 3.8) is 0 Å². The van der Waals surface area contributed by atoms with E-state index in [9.17, 15) is 9.59 Å². The van der Waals surface area contributed by atoms with Gasteiger partial charge in [0.2, 0.25) is 0 Å². The Morgan fingerprint density at radius 1 is 1.00 bits per heavy atom. The first-order valence-electron chi connectivity index (χ1n) is 2.68. The molecule has 0 saturated carbocycles. The third-order valence-electron chi connectivity index (χ3n) is 0.553. The molecule has 0 saturated heterocycles. The molecule has 0 rings (SSSR count). The van der Waals surface area contributed by atoms with Gasteiger partial charge in [-0.25, -0.2) is 11.2 Å². The number of carbonyl (C=O) groups is 3. The van der Waals surface area contributed by atoms with Gasteiger partial charge in [-0.05, 0) is 0 Å². The number of aliphatic hydroxyl groups is 1. The first-order valence-corrected chi connectivity index (χ1v) is 2.68. The van der Waals surface area contributed by atoms with E-state index in [0.717, 1.165) is 0 Å². The van der Waals surface area contributed by atoms with Gasteiger partial charge in [0.25, 0.3) is 0 Å². The maximum atomic E-state index is 9.69. The summed E-state index contributed by atoms with van der Waals surface area (Å²) in [4.78, 5) is 27.9. The molecule has 0 aromatic rings. The molecule has 9 heteroatoms. The number of aliphatic carboxylic acids is 2. The van der Waals surface area contributed by atoms with Crippen molar-refractivity contribution in [3.05, 3.63) is 6.42 Å². The molecule has 0 aliphatic rings. The van der Waals surface area contributed by atoms with Gasteiger partial charge in [-0.3, -0.25) is 9.59 Å². The predicted octanol–water partition coefficient (Wildman–Crippen LogP) is -4.05. The second-order valence-electron chi connectivity index (χ2n) is 1.57. The van der Waals surface area contributed by atoms with Crippen LogP contribution < -0.4 is 29.6 Å². The van der Waals surface area contributed by atoms with Crippen LogP contribution in [0.15, 0.2) is 0 Å². The fraction of sp³-hybridized carbons (Fsp3) is 0.200. The van der Waals surface area contributed by atoms with Crippen LogP contribution in [0, 0.1) is 6.42 Å². The second kappa shape index (κ2) is 10.1. The zero-order valence-corrected chi connectivity index (χ0v) is 9.12. The van der Waals surface area contributed by atoms with Gasteiger partial charge in [0, 0.05) is 0 Å². The molecular formula is C5H7NaO8. The Morgan fingerprint density at radius 3 is 1.36 bits per heavy atom. The number of aliphatic hydroxyl groups excluding tert-OH is 1. The summed E-state index contributed by atoms with van der Waals surface area (Å²) >= 11 is 0. The molecular weight excluding hydrogens is 211 g/mol. The average molecular weight is 218 g/mol. The monoisotopic (exact) mass is 218 g/mol. The minimum Gasteiger partial charge on any atom is -0.503 e. The predicted molar refractivity (Wildman–Crippen MR) is 36.2 cm³/mol. The first-order chi connectivity index (χ1) is 5.77. The summed E-state index contributed by atoms with van der Waals surface area (Å²) in [7, 11) is 0. The average Bonchev–Trinajstić information content (AvgIpc) is 1.83. The van der Waals surface area contributed by atoms with E-state index >= 15 is 0 Å². The van der Waals surface area contributed by atoms with Gasteiger partial charge >= 0.3 is 41.7 Å². The molecule has 0 radical (unpaired) electrons. The largest absolute Gasteiger partial charge is 1.00 e. The fourth-order valence-corrected chi connectivity index (χ4v) is 0.206. The van der Waals surface area contributed by atoms with E-state index in [2.05, 4.69) is 0 Å². The van der Waals surface area contributed by atoms with Crippen molar-refractivity contribution in [2.45, 2.75) is 6.10 Å². The van der Waals surface area contributed by atoms with E-state index < -0.39 is 24.2 Å². The minimum absolute atomic E-state index is 0. The van der Waals surface area contributed by atoms with Crippen molar-refractivity contribution < 1.29 is 69.5 Å². The van der Waals surface area contributed by atoms with Crippen molar-refractivity contribution in [3.8, 4) is 0 Å². The molecule has 0 aromatic heterocycles. The van der Waals surface area contributed by atoms with Crippen molar-refractivity contribution in [2.24, 2.45) is 0 Å². The molecule has 0 aliphatic carbocycles. The summed E-state index contributed by atoms with van der Waals surface area (Å²) in [6.45, 7) is 0. The normalized spacial score (nSPS) is 9.50. The van der Waals surface area contributed by atoms with Crippen LogP contribution in [-0.4, -0.2) is 49.7 Å². The van der Waals surface area contributed by atoms with Crippen LogP contribution in [0.5, 0.6) is 0 Å². The van der Waals surface area contributed by atoms with E-state index in [4.69, 9.17) is 30.3 Å². The summed E-state index contributed by atoms with van der Waals surface area (Å²) in [6, 6.07) is 0. The van der Waals surface area contributed by atoms with Crippen molar-refractivity contribution in [1.82, 2.24) is 0 Å². The molecule has 0 bridgehead atoms. The summed E-state index contributed by atoms with van der Waals surface area (Å²) < 4.78 is 0. The maximum Gasteiger partial charge on any atom is 1.00 e. The van der Waals surface area contributed by atoms with E-state index in [1.807, 2.05) is 0 Å². The van der Waals surface area contributed by atoms with Gasteiger partial charge < -0.3 is 25.5 Å². The van der Waals surface area contributed by atoms with Gasteiger partial charge in [0.15, 0.2) is 5.97 Å². The van der Waals surface area contributed by atoms with E-state index in [1.54, 1.807) is 0 Å². The Balaban J connectivity index is -0.000000209. The SMILES string of the molecule is O=C(O)O.O=C(O)[CH-]C(O)C(=O)O.[Na+]. The molecule has 5 N–H and O–H groups in total. The minimum atomic E-state index is -1.91. The second-order valence-corrected chi connectivity index (χ2v) is 1.57. The molecule has 0 heterocycles. The van der Waals surface area contributed by atoms with Gasteiger partial charge in [-0.1, -0.05) is 0 Å². The van der Waals surface area contributed by atoms with Crippen LogP contribution in [0.25, 0.3) is 0 Å². The van der Waals surface area contributed by atoms with Crippen molar-refractivity contribution >= 4 is 18.1 Å². The maximum absolute atomic E-state index is 9.69. The van der Waals surface area contributed by atoms with Crippen LogP contribution >= 0.6 is 0 Å². The summed E-state index contributed by atoms with van der Waals surface area (Å²) in [5, 5.41) is 37.9. The number of carboxylic acid groups (broad SMARTS) is 4. The number of hydrogen-bond donors (Lipinski definition) is 5. The number of rotatable bonds is 3. The molecule has 0 aliphatic heterocycles. The third kappa shape index (κ3) is 22.5. The van der Waals surface area contributed by atoms with Crippen LogP contribution in [-0.2, 0) is 9.59 Å². The molecule has 0 fully saturated rings. The molecule has 1 atom stereocenters. The van der Waals surface area contributed by atoms with Gasteiger partial charge in [-0.15, -0.1) is 0 Å². The Kier molecular flexibility index (Phi) is 13.6. The van der Waals surface area contributed by atoms with Crippen LogP contribution in [0.1, 0.15) is 0 Å². The molecule has 8 nitrogen and oxygen atoms in total. The van der Waals surface area contributed by atoms with Crippen LogP contribution in [0.2, 0.25) is 0 Å². The fourth-order valence-electron chi connectivity index (χ4n) is 0.206. The van der Waals surface area contributed by atoms with Gasteiger partial charge in [0.05, 0.1) is 6.10 Å². The summed E-state index contributed by atoms with van der Waals surface area (Å²) in [6.07, 6.45) is -3.47. The summed E-state index contributed by atoms with van der Waals surface area (Å²) in [5.74, 6) is -3.03. The third-order valence-corrected chi connectivity index (χ3v) is 0.553. The van der Waals surface area contributed by atoms with Crippen molar-refractivity contribution in [2.75, 3.05) is 0 Å². The van der Waals surface area contributed by atoms with Gasteiger partial charge in [0.1, 0.15) is 0 Å². The smallest absolute Gasteiger partial charge is 0.503 e. The summed E-state index contributed by atoms with van der Waals surface area (Å²) in [5.41, 5.74) is 0. The Bertz CT molecular complexity index is 198. The molecule has 1 unspecified atom stereocenters. The van der Waals surface area contributed by atoms with E-state index in [0.29, 0.717) is 0 Å². The molecule has 14 heavy (non-hydrogen) atoms. The Morgan fingerprint density at radius 2 is 1.29 bits per heavy atom. The number of hydrogen-bond acceptors (Lipinski definition) is 4. The topological polar surface area (TPSA) is 152 Å².